The van der Waals surface area contributed by atoms with Crippen molar-refractivity contribution in [1.29, 1.82) is 0 Å². The second-order valence-electron chi connectivity index (χ2n) is 5.02. The first-order valence-electron chi connectivity index (χ1n) is 6.40. The zero-order chi connectivity index (χ0) is 14.0. The van der Waals surface area contributed by atoms with Gasteiger partial charge < -0.3 is 15.0 Å². The summed E-state index contributed by atoms with van der Waals surface area (Å²) in [6.07, 6.45) is 0. The van der Waals surface area contributed by atoms with Gasteiger partial charge in [0.05, 0.1) is 12.7 Å². The maximum atomic E-state index is 13.3. The van der Waals surface area contributed by atoms with E-state index in [1.54, 1.807) is 4.90 Å². The number of halogens is 1. The molecule has 0 radical (unpaired) electrons. The maximum Gasteiger partial charge on any atom is 0.257 e. The number of methoxy groups -OCH3 is 1. The highest BCUT2D eigenvalue weighted by atomic mass is 19.1. The van der Waals surface area contributed by atoms with Gasteiger partial charge in [-0.25, -0.2) is 4.39 Å². The number of carbonyl (C=O) groups excluding carboxylic acids is 1. The third-order valence-corrected chi connectivity index (χ3v) is 3.24. The topological polar surface area (TPSA) is 41.6 Å². The molecular weight excluding hydrogens is 247 g/mol. The fraction of sp³-hybridized carbons (Fsp3) is 0.500. The lowest BCUT2D eigenvalue weighted by Crippen LogP contribution is -2.55. The van der Waals surface area contributed by atoms with Crippen molar-refractivity contribution in [3.05, 3.63) is 29.6 Å². The second kappa shape index (κ2) is 5.57. The molecule has 0 aliphatic carbocycles. The largest absolute Gasteiger partial charge is 0.496 e. The van der Waals surface area contributed by atoms with Gasteiger partial charge in [0, 0.05) is 25.2 Å². The zero-order valence-electron chi connectivity index (χ0n) is 11.4. The number of hydrogen-bond donors (Lipinski definition) is 1. The molecule has 2 rings (SSSR count). The number of ether oxygens (including phenoxy) is 1. The number of nitrogens with one attached hydrogen (secondary N) is 1. The average molecular weight is 266 g/mol. The number of piperazine rings is 1. The second-order valence-corrected chi connectivity index (χ2v) is 5.02. The molecule has 1 N–H and O–H groups in total. The highest BCUT2D eigenvalue weighted by molar-refractivity contribution is 5.97. The molecule has 1 heterocycles. The molecule has 5 heteroatoms. The van der Waals surface area contributed by atoms with Crippen molar-refractivity contribution in [1.82, 2.24) is 10.2 Å². The van der Waals surface area contributed by atoms with Crippen molar-refractivity contribution in [3.8, 4) is 5.75 Å². The summed E-state index contributed by atoms with van der Waals surface area (Å²) in [6.45, 7) is 5.28. The molecule has 0 spiro atoms. The number of rotatable bonds is 2. The first-order chi connectivity index (χ1) is 9.01. The quantitative estimate of drug-likeness (QED) is 0.885. The Morgan fingerprint density at radius 3 is 2.58 bits per heavy atom. The number of amides is 1. The minimum absolute atomic E-state index is 0.184. The van der Waals surface area contributed by atoms with Gasteiger partial charge in [0.2, 0.25) is 0 Å². The summed E-state index contributed by atoms with van der Waals surface area (Å²) >= 11 is 0. The van der Waals surface area contributed by atoms with Gasteiger partial charge in [-0.05, 0) is 32.0 Å². The Labute approximate surface area is 112 Å². The molecule has 0 saturated carbocycles. The van der Waals surface area contributed by atoms with Crippen LogP contribution in [-0.4, -0.2) is 43.1 Å². The molecule has 4 nitrogen and oxygen atoms in total. The van der Waals surface area contributed by atoms with Gasteiger partial charge in [0.1, 0.15) is 11.6 Å². The maximum absolute atomic E-state index is 13.3. The van der Waals surface area contributed by atoms with Crippen LogP contribution in [0.25, 0.3) is 0 Å². The molecule has 2 atom stereocenters. The van der Waals surface area contributed by atoms with E-state index in [1.165, 1.54) is 25.3 Å². The van der Waals surface area contributed by atoms with E-state index in [4.69, 9.17) is 4.74 Å². The Bertz CT molecular complexity index is 469. The monoisotopic (exact) mass is 266 g/mol. The lowest BCUT2D eigenvalue weighted by molar-refractivity contribution is 0.0670. The van der Waals surface area contributed by atoms with Gasteiger partial charge in [-0.2, -0.15) is 0 Å². The van der Waals surface area contributed by atoms with Crippen molar-refractivity contribution in [2.45, 2.75) is 25.9 Å². The van der Waals surface area contributed by atoms with Crippen LogP contribution >= 0.6 is 0 Å². The van der Waals surface area contributed by atoms with Crippen LogP contribution in [0.4, 0.5) is 4.39 Å². The van der Waals surface area contributed by atoms with Crippen molar-refractivity contribution in [3.63, 3.8) is 0 Å². The SMILES string of the molecule is COc1ccc(F)cc1C(=O)N1C[C@@H](C)N[C@@H](C)C1. The highest BCUT2D eigenvalue weighted by Gasteiger charge is 2.27. The number of carbonyl (C=O) groups is 1. The zero-order valence-corrected chi connectivity index (χ0v) is 11.4. The number of nitrogens with zero attached hydrogens (tertiary/aromatic N) is 1. The lowest BCUT2D eigenvalue weighted by atomic mass is 10.1. The molecule has 0 unspecified atom stereocenters. The molecule has 0 bridgehead atoms. The van der Waals surface area contributed by atoms with Crippen molar-refractivity contribution < 1.29 is 13.9 Å². The van der Waals surface area contributed by atoms with Crippen molar-refractivity contribution in [2.75, 3.05) is 20.2 Å². The van der Waals surface area contributed by atoms with Gasteiger partial charge >= 0.3 is 0 Å². The summed E-state index contributed by atoms with van der Waals surface area (Å²) in [5.74, 6) is -0.206. The summed E-state index contributed by atoms with van der Waals surface area (Å²) < 4.78 is 18.5. The third-order valence-electron chi connectivity index (χ3n) is 3.24. The Balaban J connectivity index is 2.26. The molecule has 1 aliphatic rings. The van der Waals surface area contributed by atoms with E-state index in [1.807, 2.05) is 13.8 Å². The summed E-state index contributed by atoms with van der Waals surface area (Å²) in [4.78, 5) is 14.2. The Morgan fingerprint density at radius 2 is 2.00 bits per heavy atom. The van der Waals surface area contributed by atoms with Crippen LogP contribution in [-0.2, 0) is 0 Å². The normalized spacial score (nSPS) is 23.3. The average Bonchev–Trinajstić information content (AvgIpc) is 2.36. The first-order valence-corrected chi connectivity index (χ1v) is 6.40. The molecule has 19 heavy (non-hydrogen) atoms. The Kier molecular flexibility index (Phi) is 4.04. The molecule has 1 aromatic rings. The van der Waals surface area contributed by atoms with Gasteiger partial charge in [0.25, 0.3) is 5.91 Å². The van der Waals surface area contributed by atoms with Gasteiger partial charge in [-0.3, -0.25) is 4.79 Å². The van der Waals surface area contributed by atoms with E-state index in [2.05, 4.69) is 5.32 Å². The lowest BCUT2D eigenvalue weighted by Gasteiger charge is -2.36. The summed E-state index contributed by atoms with van der Waals surface area (Å²) in [5.41, 5.74) is 0.281. The molecule has 1 aliphatic heterocycles. The molecule has 0 aromatic heterocycles. The Hall–Kier alpha value is -1.62. The van der Waals surface area contributed by atoms with Gasteiger partial charge in [-0.15, -0.1) is 0 Å². The van der Waals surface area contributed by atoms with Crippen LogP contribution in [0, 0.1) is 5.82 Å². The van der Waals surface area contributed by atoms with Gasteiger partial charge in [0.15, 0.2) is 0 Å². The minimum Gasteiger partial charge on any atom is -0.496 e. The van der Waals surface area contributed by atoms with Crippen LogP contribution in [0.2, 0.25) is 0 Å². The molecule has 1 fully saturated rings. The molecule has 1 amide bonds. The van der Waals surface area contributed by atoms with Crippen LogP contribution in [0.15, 0.2) is 18.2 Å². The molecule has 1 aromatic carbocycles. The van der Waals surface area contributed by atoms with Crippen LogP contribution in [0.3, 0.4) is 0 Å². The summed E-state index contributed by atoms with van der Waals surface area (Å²) in [7, 11) is 1.48. The van der Waals surface area contributed by atoms with Gasteiger partial charge in [-0.1, -0.05) is 0 Å². The fourth-order valence-electron chi connectivity index (χ4n) is 2.51. The standard InChI is InChI=1S/C14H19FN2O2/c1-9-7-17(8-10(2)16-9)14(18)12-6-11(15)4-5-13(12)19-3/h4-6,9-10,16H,7-8H2,1-3H3/t9-,10+. The van der Waals surface area contributed by atoms with Crippen molar-refractivity contribution >= 4 is 5.91 Å². The van der Waals surface area contributed by atoms with Crippen molar-refractivity contribution in [2.24, 2.45) is 0 Å². The number of benzene rings is 1. The van der Waals surface area contributed by atoms with Crippen LogP contribution in [0.1, 0.15) is 24.2 Å². The van der Waals surface area contributed by atoms with Crippen LogP contribution in [0.5, 0.6) is 5.75 Å². The van der Waals surface area contributed by atoms with Crippen LogP contribution < -0.4 is 10.1 Å². The van der Waals surface area contributed by atoms with E-state index < -0.39 is 5.82 Å². The van der Waals surface area contributed by atoms with E-state index >= 15 is 0 Å². The predicted octanol–water partition coefficient (Wildman–Crippen LogP) is 1.66. The first kappa shape index (κ1) is 13.8. The molecular formula is C14H19FN2O2. The number of hydrogen-bond acceptors (Lipinski definition) is 3. The molecule has 104 valence electrons. The fourth-order valence-corrected chi connectivity index (χ4v) is 2.51. The van der Waals surface area contributed by atoms with E-state index in [-0.39, 0.29) is 23.6 Å². The minimum atomic E-state index is -0.430. The summed E-state index contributed by atoms with van der Waals surface area (Å²) in [5, 5.41) is 3.36. The highest BCUT2D eigenvalue weighted by Crippen LogP contribution is 2.22. The summed E-state index contributed by atoms with van der Waals surface area (Å²) in [6, 6.07) is 4.47. The van der Waals surface area contributed by atoms with E-state index in [0.29, 0.717) is 18.8 Å². The van der Waals surface area contributed by atoms with E-state index in [9.17, 15) is 9.18 Å². The smallest absolute Gasteiger partial charge is 0.257 e. The predicted molar refractivity (Wildman–Crippen MR) is 70.9 cm³/mol. The Morgan fingerprint density at radius 1 is 1.37 bits per heavy atom. The van der Waals surface area contributed by atoms with E-state index in [0.717, 1.165) is 0 Å². The molecule has 1 saturated heterocycles. The third kappa shape index (κ3) is 3.04.